The van der Waals surface area contributed by atoms with Crippen LogP contribution in [0.25, 0.3) is 0 Å². The van der Waals surface area contributed by atoms with Crippen molar-refractivity contribution in [3.8, 4) is 0 Å². The predicted octanol–water partition coefficient (Wildman–Crippen LogP) is 5.33. The van der Waals surface area contributed by atoms with E-state index in [1.165, 1.54) is 70.6 Å². The van der Waals surface area contributed by atoms with Crippen molar-refractivity contribution < 1.29 is 29.4 Å². The Balaban J connectivity index is 3.58. The summed E-state index contributed by atoms with van der Waals surface area (Å²) in [6.45, 7) is 3.73. The summed E-state index contributed by atoms with van der Waals surface area (Å²) in [5.41, 5.74) is 0. The van der Waals surface area contributed by atoms with E-state index in [0.717, 1.165) is 25.2 Å². The molecule has 0 amide bonds. The van der Waals surface area contributed by atoms with Gasteiger partial charge in [0.15, 0.2) is 0 Å². The fourth-order valence-corrected chi connectivity index (χ4v) is 4.65. The first-order chi connectivity index (χ1) is 14.2. The van der Waals surface area contributed by atoms with Crippen LogP contribution in [0.5, 0.6) is 0 Å². The Hall–Kier alpha value is -0.460. The molecular weight excluding hydrogens is 405 g/mol. The summed E-state index contributed by atoms with van der Waals surface area (Å²) in [4.78, 5) is 29.7. The molecule has 0 rings (SSSR count). The van der Waals surface area contributed by atoms with E-state index in [0.29, 0.717) is 11.1 Å². The Bertz CT molecular complexity index is 469. The molecule has 0 bridgehead atoms. The lowest BCUT2D eigenvalue weighted by atomic mass is 10.0. The molecule has 7 nitrogen and oxygen atoms in total. The van der Waals surface area contributed by atoms with Crippen LogP contribution in [0.2, 0.25) is 0 Å². The lowest BCUT2D eigenvalue weighted by Crippen LogP contribution is -2.42. The average Bonchev–Trinajstić information content (AvgIpc) is 2.65. The molecule has 180 valence electrons. The molecule has 30 heavy (non-hydrogen) atoms. The van der Waals surface area contributed by atoms with Crippen molar-refractivity contribution in [1.29, 1.82) is 0 Å². The zero-order valence-electron chi connectivity index (χ0n) is 19.2. The van der Waals surface area contributed by atoms with Crippen LogP contribution < -0.4 is 0 Å². The maximum Gasteiger partial charge on any atom is 0.403 e. The molecule has 0 saturated carbocycles. The Morgan fingerprint density at radius 2 is 1.13 bits per heavy atom. The zero-order chi connectivity index (χ0) is 22.8. The monoisotopic (exact) mass is 451 g/mol. The van der Waals surface area contributed by atoms with Crippen molar-refractivity contribution in [2.45, 2.75) is 116 Å². The first-order valence-electron chi connectivity index (χ1n) is 11.9. The number of hydrogen-bond donors (Lipinski definition) is 4. The molecule has 4 N–H and O–H groups in total. The highest BCUT2D eigenvalue weighted by molar-refractivity contribution is 7.49. The minimum Gasteiger partial charge on any atom is -0.480 e. The third-order valence-corrected chi connectivity index (χ3v) is 6.72. The molecule has 0 aromatic rings. The second kappa shape index (κ2) is 18.1. The van der Waals surface area contributed by atoms with Crippen LogP contribution in [-0.2, 0) is 9.36 Å². The van der Waals surface area contributed by atoms with Gasteiger partial charge in [-0.3, -0.25) is 4.79 Å². The van der Waals surface area contributed by atoms with Crippen LogP contribution in [0.3, 0.4) is 0 Å². The summed E-state index contributed by atoms with van der Waals surface area (Å²) in [6, 6.07) is -1.56. The van der Waals surface area contributed by atoms with Crippen LogP contribution in [0.15, 0.2) is 0 Å². The molecule has 0 aliphatic heterocycles. The number of carboxylic acid groups (broad SMARTS) is 1. The number of carbonyl (C=O) groups is 1. The molecule has 0 unspecified atom stereocenters. The van der Waals surface area contributed by atoms with Gasteiger partial charge < -0.3 is 20.0 Å². The minimum atomic E-state index is -4.70. The normalized spacial score (nSPS) is 13.3. The summed E-state index contributed by atoms with van der Waals surface area (Å²) < 4.78 is 12.1. The van der Waals surface area contributed by atoms with E-state index in [9.17, 15) is 19.1 Å². The lowest BCUT2D eigenvalue weighted by molar-refractivity contribution is -0.143. The van der Waals surface area contributed by atoms with Crippen molar-refractivity contribution in [2.24, 2.45) is 5.92 Å². The van der Waals surface area contributed by atoms with Crippen molar-refractivity contribution in [3.05, 3.63) is 0 Å². The van der Waals surface area contributed by atoms with Crippen molar-refractivity contribution >= 4 is 13.7 Å². The van der Waals surface area contributed by atoms with Crippen molar-refractivity contribution in [1.82, 2.24) is 4.67 Å². The predicted molar refractivity (Wildman–Crippen MR) is 121 cm³/mol. The van der Waals surface area contributed by atoms with Gasteiger partial charge >= 0.3 is 13.7 Å². The molecule has 8 heteroatoms. The van der Waals surface area contributed by atoms with E-state index >= 15 is 0 Å². The van der Waals surface area contributed by atoms with Gasteiger partial charge in [0.2, 0.25) is 0 Å². The highest BCUT2D eigenvalue weighted by atomic mass is 31.2. The number of nitrogens with zero attached hydrogens (tertiary/aromatic N) is 1. The Morgan fingerprint density at radius 1 is 0.767 bits per heavy atom. The van der Waals surface area contributed by atoms with Gasteiger partial charge in [-0.25, -0.2) is 4.57 Å². The first kappa shape index (κ1) is 29.5. The van der Waals surface area contributed by atoms with Crippen molar-refractivity contribution in [3.63, 3.8) is 0 Å². The van der Waals surface area contributed by atoms with E-state index in [2.05, 4.69) is 13.8 Å². The number of aliphatic hydroxyl groups is 1. The maximum absolute atomic E-state index is 11.5. The van der Waals surface area contributed by atoms with Gasteiger partial charge in [0, 0.05) is 6.54 Å². The fourth-order valence-electron chi connectivity index (χ4n) is 3.72. The van der Waals surface area contributed by atoms with Gasteiger partial charge in [-0.15, -0.1) is 0 Å². The third-order valence-electron chi connectivity index (χ3n) is 5.57. The second-order valence-electron chi connectivity index (χ2n) is 8.85. The summed E-state index contributed by atoms with van der Waals surface area (Å²) in [5.74, 6) is -0.595. The molecule has 0 spiro atoms. The summed E-state index contributed by atoms with van der Waals surface area (Å²) in [5, 5.41) is 18.1. The standard InChI is InChI=1S/C22H46NO6P/c1-20(2)17-15-13-11-9-7-5-3-4-6-8-10-12-14-16-18-23(30(27,28)29)21(19-24)22(25)26/h20-21,24H,3-19H2,1-2H3,(H,25,26)(H2,27,28,29)/t21-/m0/s1. The lowest BCUT2D eigenvalue weighted by Gasteiger charge is -2.27. The highest BCUT2D eigenvalue weighted by Crippen LogP contribution is 2.42. The van der Waals surface area contributed by atoms with E-state index < -0.39 is 26.4 Å². The van der Waals surface area contributed by atoms with Crippen LogP contribution in [0.4, 0.5) is 0 Å². The fraction of sp³-hybridized carbons (Fsp3) is 0.955. The Labute approximate surface area is 183 Å². The van der Waals surface area contributed by atoms with Crippen LogP contribution in [0.1, 0.15) is 110 Å². The summed E-state index contributed by atoms with van der Waals surface area (Å²) in [7, 11) is -4.70. The molecule has 0 fully saturated rings. The molecular formula is C22H46NO6P. The molecule has 1 atom stereocenters. The molecule has 0 heterocycles. The number of aliphatic carboxylic acids is 1. The average molecular weight is 452 g/mol. The van der Waals surface area contributed by atoms with Crippen LogP contribution >= 0.6 is 7.75 Å². The topological polar surface area (TPSA) is 118 Å². The first-order valence-corrected chi connectivity index (χ1v) is 13.4. The largest absolute Gasteiger partial charge is 0.480 e. The smallest absolute Gasteiger partial charge is 0.403 e. The van der Waals surface area contributed by atoms with Crippen LogP contribution in [-0.4, -0.2) is 49.8 Å². The van der Waals surface area contributed by atoms with E-state index in [1.54, 1.807) is 0 Å². The van der Waals surface area contributed by atoms with Gasteiger partial charge in [0.1, 0.15) is 6.04 Å². The molecule has 0 saturated heterocycles. The molecule has 0 aromatic heterocycles. The van der Waals surface area contributed by atoms with E-state index in [-0.39, 0.29) is 6.54 Å². The summed E-state index contributed by atoms with van der Waals surface area (Å²) >= 11 is 0. The Kier molecular flexibility index (Phi) is 17.9. The summed E-state index contributed by atoms with van der Waals surface area (Å²) in [6.07, 6.45) is 17.9. The number of carboxylic acids is 1. The molecule has 0 aliphatic carbocycles. The quantitative estimate of drug-likeness (QED) is 0.137. The van der Waals surface area contributed by atoms with Crippen LogP contribution in [0, 0.1) is 5.92 Å². The second-order valence-corrected chi connectivity index (χ2v) is 10.4. The van der Waals surface area contributed by atoms with Crippen molar-refractivity contribution in [2.75, 3.05) is 13.2 Å². The van der Waals surface area contributed by atoms with Gasteiger partial charge in [0.05, 0.1) is 6.61 Å². The van der Waals surface area contributed by atoms with Gasteiger partial charge in [-0.2, -0.15) is 4.67 Å². The number of unbranched alkanes of at least 4 members (excludes halogenated alkanes) is 13. The Morgan fingerprint density at radius 3 is 1.43 bits per heavy atom. The molecule has 0 aliphatic rings. The number of rotatable bonds is 21. The maximum atomic E-state index is 11.5. The van der Waals surface area contributed by atoms with Gasteiger partial charge in [-0.05, 0) is 12.3 Å². The molecule has 0 aromatic carbocycles. The highest BCUT2D eigenvalue weighted by Gasteiger charge is 2.36. The number of aliphatic hydroxyl groups excluding tert-OH is 1. The van der Waals surface area contributed by atoms with Gasteiger partial charge in [0.25, 0.3) is 0 Å². The van der Waals surface area contributed by atoms with E-state index in [1.807, 2.05) is 0 Å². The van der Waals surface area contributed by atoms with Gasteiger partial charge in [-0.1, -0.05) is 104 Å². The van der Waals surface area contributed by atoms with E-state index in [4.69, 9.17) is 10.2 Å². The zero-order valence-corrected chi connectivity index (χ0v) is 20.1. The minimum absolute atomic E-state index is 0.0285. The third kappa shape index (κ3) is 16.3. The SMILES string of the molecule is CC(C)CCCCCCCCCCCCCCCCN([C@@H](CO)C(=O)O)P(=O)(O)O. The molecule has 0 radical (unpaired) electrons. The number of hydrogen-bond acceptors (Lipinski definition) is 3.